The van der Waals surface area contributed by atoms with Gasteiger partial charge < -0.3 is 10.1 Å². The number of carbonyl (C=O) groups is 2. The van der Waals surface area contributed by atoms with Crippen LogP contribution in [0, 0.1) is 0 Å². The molecule has 1 amide bonds. The minimum absolute atomic E-state index is 0.0201. The van der Waals surface area contributed by atoms with Gasteiger partial charge in [-0.25, -0.2) is 0 Å². The van der Waals surface area contributed by atoms with Crippen LogP contribution in [0.1, 0.15) is 36.7 Å². The fourth-order valence-corrected chi connectivity index (χ4v) is 2.54. The molecule has 20 heavy (non-hydrogen) atoms. The fourth-order valence-electron chi connectivity index (χ4n) is 1.73. The summed E-state index contributed by atoms with van der Waals surface area (Å²) in [5, 5.41) is 2.84. The minimum Gasteiger partial charge on any atom is -0.496 e. The Morgan fingerprint density at radius 3 is 2.60 bits per heavy atom. The van der Waals surface area contributed by atoms with Crippen LogP contribution >= 0.6 is 11.8 Å². The molecule has 0 bridgehead atoms. The van der Waals surface area contributed by atoms with Crippen molar-refractivity contribution >= 4 is 23.5 Å². The molecule has 1 rings (SSSR count). The van der Waals surface area contributed by atoms with Crippen LogP contribution < -0.4 is 10.1 Å². The second kappa shape index (κ2) is 7.94. The second-order valence-corrected chi connectivity index (χ2v) is 5.78. The molecule has 0 aliphatic rings. The molecule has 0 unspecified atom stereocenters. The second-order valence-electron chi connectivity index (χ2n) is 4.80. The highest BCUT2D eigenvalue weighted by Gasteiger charge is 2.09. The number of hydrogen-bond donors (Lipinski definition) is 1. The maximum atomic E-state index is 11.6. The van der Waals surface area contributed by atoms with E-state index in [4.69, 9.17) is 4.74 Å². The first-order valence-electron chi connectivity index (χ1n) is 6.49. The Hall–Kier alpha value is -1.49. The van der Waals surface area contributed by atoms with Crippen LogP contribution in [-0.2, 0) is 10.5 Å². The van der Waals surface area contributed by atoms with E-state index in [9.17, 15) is 9.59 Å². The van der Waals surface area contributed by atoms with Gasteiger partial charge in [-0.3, -0.25) is 9.59 Å². The van der Waals surface area contributed by atoms with E-state index in [2.05, 4.69) is 5.32 Å². The number of thioether (sulfide) groups is 1. The van der Waals surface area contributed by atoms with E-state index in [0.29, 0.717) is 17.1 Å². The third-order valence-corrected chi connectivity index (χ3v) is 3.61. The highest BCUT2D eigenvalue weighted by atomic mass is 32.2. The summed E-state index contributed by atoms with van der Waals surface area (Å²) < 4.78 is 5.28. The van der Waals surface area contributed by atoms with Crippen LogP contribution in [0.2, 0.25) is 0 Å². The maximum absolute atomic E-state index is 11.6. The highest BCUT2D eigenvalue weighted by molar-refractivity contribution is 7.99. The van der Waals surface area contributed by atoms with E-state index in [-0.39, 0.29) is 17.7 Å². The van der Waals surface area contributed by atoms with Gasteiger partial charge in [0.2, 0.25) is 5.91 Å². The highest BCUT2D eigenvalue weighted by Crippen LogP contribution is 2.24. The molecule has 1 N–H and O–H groups in total. The molecule has 0 saturated heterocycles. The van der Waals surface area contributed by atoms with Gasteiger partial charge in [-0.1, -0.05) is 0 Å². The van der Waals surface area contributed by atoms with Gasteiger partial charge in [-0.15, -0.1) is 11.8 Å². The number of ether oxygens (including phenoxy) is 1. The molecular formula is C15H21NO3S. The zero-order chi connectivity index (χ0) is 15.1. The van der Waals surface area contributed by atoms with Crippen molar-refractivity contribution in [3.63, 3.8) is 0 Å². The summed E-state index contributed by atoms with van der Waals surface area (Å²) in [5.41, 5.74) is 1.59. The Bertz CT molecular complexity index is 486. The molecule has 4 nitrogen and oxygen atoms in total. The summed E-state index contributed by atoms with van der Waals surface area (Å²) in [6.07, 6.45) is 0. The van der Waals surface area contributed by atoms with Crippen molar-refractivity contribution in [2.75, 3.05) is 12.9 Å². The minimum atomic E-state index is 0.0201. The van der Waals surface area contributed by atoms with Gasteiger partial charge in [0.05, 0.1) is 12.9 Å². The topological polar surface area (TPSA) is 55.4 Å². The molecule has 5 heteroatoms. The van der Waals surface area contributed by atoms with Crippen LogP contribution in [0.5, 0.6) is 5.75 Å². The van der Waals surface area contributed by atoms with Crippen molar-refractivity contribution in [1.29, 1.82) is 0 Å². The van der Waals surface area contributed by atoms with E-state index in [1.807, 2.05) is 19.9 Å². The predicted molar refractivity (Wildman–Crippen MR) is 82.4 cm³/mol. The van der Waals surface area contributed by atoms with Crippen molar-refractivity contribution < 1.29 is 14.3 Å². The molecule has 0 radical (unpaired) electrons. The van der Waals surface area contributed by atoms with E-state index in [1.165, 1.54) is 18.7 Å². The average molecular weight is 295 g/mol. The standard InChI is InChI=1S/C15H21NO3S/c1-10(2)16-15(18)9-20-8-13-7-12(11(3)17)5-6-14(13)19-4/h5-7,10H,8-9H2,1-4H3,(H,16,18). The molecule has 0 atom stereocenters. The largest absolute Gasteiger partial charge is 0.496 e. The number of ketones is 1. The number of benzene rings is 1. The van der Waals surface area contributed by atoms with Crippen molar-refractivity contribution in [2.45, 2.75) is 32.6 Å². The van der Waals surface area contributed by atoms with E-state index >= 15 is 0 Å². The summed E-state index contributed by atoms with van der Waals surface area (Å²) in [4.78, 5) is 22.9. The van der Waals surface area contributed by atoms with Crippen LogP contribution in [-0.4, -0.2) is 30.6 Å². The van der Waals surface area contributed by atoms with Crippen molar-refractivity contribution in [2.24, 2.45) is 0 Å². The zero-order valence-corrected chi connectivity index (χ0v) is 13.2. The number of carbonyl (C=O) groups excluding carboxylic acids is 2. The molecule has 0 aliphatic heterocycles. The zero-order valence-electron chi connectivity index (χ0n) is 12.4. The summed E-state index contributed by atoms with van der Waals surface area (Å²) in [6.45, 7) is 5.40. The van der Waals surface area contributed by atoms with Crippen molar-refractivity contribution in [3.8, 4) is 5.75 Å². The van der Waals surface area contributed by atoms with Gasteiger partial charge >= 0.3 is 0 Å². The molecule has 1 aromatic carbocycles. The lowest BCUT2D eigenvalue weighted by Gasteiger charge is -2.11. The third kappa shape index (κ3) is 5.25. The van der Waals surface area contributed by atoms with Gasteiger partial charge in [0.1, 0.15) is 5.75 Å². The summed E-state index contributed by atoms with van der Waals surface area (Å²) in [5.74, 6) is 1.82. The fraction of sp³-hybridized carbons (Fsp3) is 0.467. The summed E-state index contributed by atoms with van der Waals surface area (Å²) in [6, 6.07) is 5.52. The number of nitrogens with one attached hydrogen (secondary N) is 1. The van der Waals surface area contributed by atoms with Gasteiger partial charge in [0.25, 0.3) is 0 Å². The first-order chi connectivity index (χ1) is 9.43. The van der Waals surface area contributed by atoms with Crippen LogP contribution in [0.3, 0.4) is 0 Å². The number of amides is 1. The monoisotopic (exact) mass is 295 g/mol. The third-order valence-electron chi connectivity index (χ3n) is 2.63. The Morgan fingerprint density at radius 1 is 1.35 bits per heavy atom. The van der Waals surface area contributed by atoms with E-state index in [0.717, 1.165) is 11.3 Å². The Morgan fingerprint density at radius 2 is 2.05 bits per heavy atom. The molecule has 0 aromatic heterocycles. The molecule has 1 aromatic rings. The van der Waals surface area contributed by atoms with Crippen molar-refractivity contribution in [3.05, 3.63) is 29.3 Å². The predicted octanol–water partition coefficient (Wildman–Crippen LogP) is 2.66. The quantitative estimate of drug-likeness (QED) is 0.786. The average Bonchev–Trinajstić information content (AvgIpc) is 2.37. The normalized spacial score (nSPS) is 10.4. The number of rotatable bonds is 7. The lowest BCUT2D eigenvalue weighted by Crippen LogP contribution is -2.31. The first-order valence-corrected chi connectivity index (χ1v) is 7.64. The van der Waals surface area contributed by atoms with Gasteiger partial charge in [-0.2, -0.15) is 0 Å². The van der Waals surface area contributed by atoms with E-state index < -0.39 is 0 Å². The molecule has 0 spiro atoms. The van der Waals surface area contributed by atoms with Gasteiger partial charge in [0, 0.05) is 22.9 Å². The first kappa shape index (κ1) is 16.6. The Kier molecular flexibility index (Phi) is 6.58. The molecular weight excluding hydrogens is 274 g/mol. The number of methoxy groups -OCH3 is 1. The van der Waals surface area contributed by atoms with Crippen molar-refractivity contribution in [1.82, 2.24) is 5.32 Å². The van der Waals surface area contributed by atoms with Crippen LogP contribution in [0.4, 0.5) is 0 Å². The number of Topliss-reactive ketones (excluding diaryl/α,β-unsaturated/α-hetero) is 1. The summed E-state index contributed by atoms with van der Waals surface area (Å²) in [7, 11) is 1.60. The lowest BCUT2D eigenvalue weighted by atomic mass is 10.1. The van der Waals surface area contributed by atoms with Gasteiger partial charge in [0.15, 0.2) is 5.78 Å². The smallest absolute Gasteiger partial charge is 0.230 e. The maximum Gasteiger partial charge on any atom is 0.230 e. The molecule has 0 heterocycles. The molecule has 0 aliphatic carbocycles. The summed E-state index contributed by atoms with van der Waals surface area (Å²) >= 11 is 1.50. The lowest BCUT2D eigenvalue weighted by molar-refractivity contribution is -0.119. The molecule has 0 fully saturated rings. The molecule has 110 valence electrons. The Labute approximate surface area is 124 Å². The SMILES string of the molecule is COc1ccc(C(C)=O)cc1CSCC(=O)NC(C)C. The number of hydrogen-bond acceptors (Lipinski definition) is 4. The van der Waals surface area contributed by atoms with E-state index in [1.54, 1.807) is 19.2 Å². The Balaban J connectivity index is 2.64. The van der Waals surface area contributed by atoms with Crippen LogP contribution in [0.25, 0.3) is 0 Å². The molecule has 0 saturated carbocycles. The van der Waals surface area contributed by atoms with Crippen LogP contribution in [0.15, 0.2) is 18.2 Å². The van der Waals surface area contributed by atoms with Gasteiger partial charge in [-0.05, 0) is 39.0 Å².